The lowest BCUT2D eigenvalue weighted by Gasteiger charge is -2.17. The van der Waals surface area contributed by atoms with Crippen LogP contribution in [0, 0.1) is 0 Å². The van der Waals surface area contributed by atoms with Crippen molar-refractivity contribution in [2.24, 2.45) is 0 Å². The second-order valence-electron chi connectivity index (χ2n) is 4.67. The molecule has 0 fully saturated rings. The van der Waals surface area contributed by atoms with Crippen LogP contribution < -0.4 is 5.32 Å². The zero-order valence-corrected chi connectivity index (χ0v) is 11.4. The van der Waals surface area contributed by atoms with Gasteiger partial charge in [0.1, 0.15) is 0 Å². The number of carboxylic acids is 1. The molecule has 1 aromatic carbocycles. The number of nitrogens with zero attached hydrogens (tertiary/aromatic N) is 1. The predicted octanol–water partition coefficient (Wildman–Crippen LogP) is 1.04. The van der Waals surface area contributed by atoms with Gasteiger partial charge in [-0.2, -0.15) is 0 Å². The average Bonchev–Trinajstić information content (AvgIpc) is 2.98. The first-order valence-corrected chi connectivity index (χ1v) is 6.44. The maximum Gasteiger partial charge on any atom is 0.328 e. The van der Waals surface area contributed by atoms with Gasteiger partial charge in [-0.15, -0.1) is 0 Å². The number of hydrogen-bond donors (Lipinski definition) is 3. The van der Waals surface area contributed by atoms with Gasteiger partial charge in [-0.1, -0.05) is 0 Å². The zero-order valence-electron chi connectivity index (χ0n) is 11.4. The van der Waals surface area contributed by atoms with E-state index in [1.165, 1.54) is 6.92 Å². The van der Waals surface area contributed by atoms with Crippen LogP contribution in [0.25, 0.3) is 5.69 Å². The van der Waals surface area contributed by atoms with Crippen LogP contribution in [-0.4, -0.2) is 38.8 Å². The maximum absolute atomic E-state index is 12.0. The molecular weight excluding hydrogens is 272 g/mol. The summed E-state index contributed by atoms with van der Waals surface area (Å²) in [5.41, 5.74) is 1.22. The third kappa shape index (κ3) is 3.49. The summed E-state index contributed by atoms with van der Waals surface area (Å²) in [7, 11) is 0. The number of aliphatic carboxylic acids is 1. The van der Waals surface area contributed by atoms with E-state index in [1.807, 2.05) is 29.1 Å². The van der Waals surface area contributed by atoms with E-state index in [-0.39, 0.29) is 0 Å². The molecule has 1 heterocycles. The minimum atomic E-state index is -1.33. The van der Waals surface area contributed by atoms with Crippen molar-refractivity contribution >= 4 is 11.9 Å². The molecule has 0 aliphatic heterocycles. The molecule has 1 amide bonds. The molecule has 1 aromatic heterocycles. The maximum atomic E-state index is 12.0. The first-order chi connectivity index (χ1) is 9.99. The summed E-state index contributed by atoms with van der Waals surface area (Å²) in [6.45, 7) is 1.31. The van der Waals surface area contributed by atoms with Gasteiger partial charge in [-0.3, -0.25) is 4.79 Å². The van der Waals surface area contributed by atoms with E-state index in [2.05, 4.69) is 5.32 Å². The summed E-state index contributed by atoms with van der Waals surface area (Å²) in [6.07, 6.45) is 2.58. The Hall–Kier alpha value is -2.60. The molecule has 0 bridgehead atoms. The number of benzene rings is 1. The second kappa shape index (κ2) is 6.23. The lowest BCUT2D eigenvalue weighted by Crippen LogP contribution is -2.47. The number of nitrogens with one attached hydrogen (secondary N) is 1. The van der Waals surface area contributed by atoms with E-state index in [0.29, 0.717) is 5.56 Å². The van der Waals surface area contributed by atoms with Crippen molar-refractivity contribution in [2.75, 3.05) is 0 Å². The minimum Gasteiger partial charge on any atom is -0.480 e. The normalized spacial score (nSPS) is 13.4. The van der Waals surface area contributed by atoms with Gasteiger partial charge in [0, 0.05) is 23.6 Å². The number of aliphatic hydroxyl groups is 1. The molecule has 0 aliphatic carbocycles. The number of aromatic nitrogens is 1. The quantitative estimate of drug-likeness (QED) is 0.766. The predicted molar refractivity (Wildman–Crippen MR) is 76.3 cm³/mol. The van der Waals surface area contributed by atoms with Crippen LogP contribution in [-0.2, 0) is 4.79 Å². The van der Waals surface area contributed by atoms with Crippen LogP contribution in [0.4, 0.5) is 0 Å². The van der Waals surface area contributed by atoms with Crippen LogP contribution >= 0.6 is 0 Å². The summed E-state index contributed by atoms with van der Waals surface area (Å²) in [4.78, 5) is 22.9. The van der Waals surface area contributed by atoms with E-state index in [4.69, 9.17) is 5.11 Å². The Morgan fingerprint density at radius 1 is 1.14 bits per heavy atom. The Balaban J connectivity index is 2.11. The molecule has 0 aliphatic rings. The zero-order chi connectivity index (χ0) is 15.4. The van der Waals surface area contributed by atoms with Crippen LogP contribution in [0.1, 0.15) is 17.3 Å². The highest BCUT2D eigenvalue weighted by atomic mass is 16.4. The number of carbonyl (C=O) groups excluding carboxylic acids is 1. The van der Waals surface area contributed by atoms with E-state index < -0.39 is 24.0 Å². The highest BCUT2D eigenvalue weighted by Crippen LogP contribution is 2.10. The number of rotatable bonds is 5. The van der Waals surface area contributed by atoms with Crippen molar-refractivity contribution in [3.05, 3.63) is 54.4 Å². The Labute approximate surface area is 121 Å². The van der Waals surface area contributed by atoms with Crippen LogP contribution in [0.2, 0.25) is 0 Å². The van der Waals surface area contributed by atoms with Crippen LogP contribution in [0.15, 0.2) is 48.8 Å². The van der Waals surface area contributed by atoms with E-state index in [0.717, 1.165) is 5.69 Å². The third-order valence-corrected chi connectivity index (χ3v) is 3.07. The molecule has 0 saturated heterocycles. The monoisotopic (exact) mass is 288 g/mol. The molecule has 6 nitrogen and oxygen atoms in total. The number of aliphatic hydroxyl groups excluding tert-OH is 1. The molecule has 2 atom stereocenters. The van der Waals surface area contributed by atoms with Crippen molar-refractivity contribution in [1.82, 2.24) is 9.88 Å². The van der Waals surface area contributed by atoms with Gasteiger partial charge in [0.15, 0.2) is 6.04 Å². The largest absolute Gasteiger partial charge is 0.480 e. The van der Waals surface area contributed by atoms with Gasteiger partial charge in [0.05, 0.1) is 6.10 Å². The Morgan fingerprint density at radius 2 is 1.71 bits per heavy atom. The molecule has 21 heavy (non-hydrogen) atoms. The fraction of sp³-hybridized carbons (Fsp3) is 0.200. The minimum absolute atomic E-state index is 0.331. The van der Waals surface area contributed by atoms with Crippen molar-refractivity contribution in [3.63, 3.8) is 0 Å². The van der Waals surface area contributed by atoms with Gasteiger partial charge in [-0.25, -0.2) is 4.79 Å². The molecule has 2 rings (SSSR count). The van der Waals surface area contributed by atoms with Gasteiger partial charge in [0.25, 0.3) is 5.91 Å². The summed E-state index contributed by atoms with van der Waals surface area (Å²) >= 11 is 0. The molecule has 6 heteroatoms. The molecule has 0 radical (unpaired) electrons. The topological polar surface area (TPSA) is 91.6 Å². The molecule has 2 aromatic rings. The number of amides is 1. The first kappa shape index (κ1) is 14.8. The second-order valence-corrected chi connectivity index (χ2v) is 4.67. The standard InChI is InChI=1S/C15H16N2O4/c1-10(18)13(15(20)21)16-14(19)11-4-6-12(7-5-11)17-8-2-3-9-17/h2-10,13,18H,1H3,(H,16,19)(H,20,21). The molecule has 2 unspecified atom stereocenters. The first-order valence-electron chi connectivity index (χ1n) is 6.44. The Kier molecular flexibility index (Phi) is 4.39. The van der Waals surface area contributed by atoms with Gasteiger partial charge >= 0.3 is 5.97 Å². The third-order valence-electron chi connectivity index (χ3n) is 3.07. The highest BCUT2D eigenvalue weighted by molar-refractivity contribution is 5.96. The summed E-state index contributed by atoms with van der Waals surface area (Å²) in [5, 5.41) is 20.6. The van der Waals surface area contributed by atoms with Crippen molar-refractivity contribution in [1.29, 1.82) is 0 Å². The van der Waals surface area contributed by atoms with Gasteiger partial charge in [-0.05, 0) is 43.3 Å². The average molecular weight is 288 g/mol. The number of carboxylic acid groups (broad SMARTS) is 1. The lowest BCUT2D eigenvalue weighted by atomic mass is 10.1. The number of carbonyl (C=O) groups is 2. The molecule has 0 spiro atoms. The summed E-state index contributed by atoms with van der Waals surface area (Å²) in [5.74, 6) is -1.82. The van der Waals surface area contributed by atoms with Crippen molar-refractivity contribution in [3.8, 4) is 5.69 Å². The van der Waals surface area contributed by atoms with Crippen molar-refractivity contribution < 1.29 is 19.8 Å². The van der Waals surface area contributed by atoms with Gasteiger partial charge < -0.3 is 20.1 Å². The van der Waals surface area contributed by atoms with E-state index in [9.17, 15) is 14.7 Å². The summed E-state index contributed by atoms with van der Waals surface area (Å²) in [6, 6.07) is 9.17. The lowest BCUT2D eigenvalue weighted by molar-refractivity contribution is -0.141. The molecule has 110 valence electrons. The Morgan fingerprint density at radius 3 is 2.19 bits per heavy atom. The fourth-order valence-corrected chi connectivity index (χ4v) is 1.90. The van der Waals surface area contributed by atoms with Crippen LogP contribution in [0.5, 0.6) is 0 Å². The van der Waals surface area contributed by atoms with E-state index in [1.54, 1.807) is 24.3 Å². The smallest absolute Gasteiger partial charge is 0.328 e. The highest BCUT2D eigenvalue weighted by Gasteiger charge is 2.25. The summed E-state index contributed by atoms with van der Waals surface area (Å²) < 4.78 is 1.89. The SMILES string of the molecule is CC(O)C(NC(=O)c1ccc(-n2cccc2)cc1)C(=O)O. The Bertz CT molecular complexity index is 618. The van der Waals surface area contributed by atoms with Crippen LogP contribution in [0.3, 0.4) is 0 Å². The van der Waals surface area contributed by atoms with Gasteiger partial charge in [0.2, 0.25) is 0 Å². The fourth-order valence-electron chi connectivity index (χ4n) is 1.90. The van der Waals surface area contributed by atoms with Crippen molar-refractivity contribution in [2.45, 2.75) is 19.1 Å². The number of hydrogen-bond acceptors (Lipinski definition) is 3. The van der Waals surface area contributed by atoms with E-state index >= 15 is 0 Å². The molecule has 3 N–H and O–H groups in total. The molecule has 0 saturated carbocycles. The molecular formula is C15H16N2O4.